The Labute approximate surface area is 76.4 Å². The van der Waals surface area contributed by atoms with Crippen molar-refractivity contribution in [3.8, 4) is 0 Å². The molecule has 0 bridgehead atoms. The molecular formula is C8H10N2OS. The monoisotopic (exact) mass is 182 g/mol. The molecule has 12 heavy (non-hydrogen) atoms. The number of aromatic nitrogens is 1. The minimum Gasteiger partial charge on any atom is -0.313 e. The first kappa shape index (κ1) is 9.22. The Hall–Kier alpha value is -0.870. The largest absolute Gasteiger partial charge is 0.313 e. The molecule has 0 amide bonds. The van der Waals surface area contributed by atoms with Crippen molar-refractivity contribution in [2.24, 2.45) is 5.73 Å². The second kappa shape index (κ2) is 3.25. The second-order valence-electron chi connectivity index (χ2n) is 2.72. The van der Waals surface area contributed by atoms with Gasteiger partial charge in [-0.1, -0.05) is 6.07 Å². The third-order valence-corrected chi connectivity index (χ3v) is 2.11. The molecule has 1 heterocycles. The van der Waals surface area contributed by atoms with Crippen molar-refractivity contribution in [2.75, 3.05) is 0 Å². The van der Waals surface area contributed by atoms with Crippen LogP contribution in [0.3, 0.4) is 0 Å². The van der Waals surface area contributed by atoms with Gasteiger partial charge in [-0.15, -0.1) is 12.6 Å². The SMILES string of the molecule is CC(N)(C(=O)S)c1ccccn1. The fourth-order valence-electron chi connectivity index (χ4n) is 0.780. The molecule has 0 saturated carbocycles. The highest BCUT2D eigenvalue weighted by Crippen LogP contribution is 2.17. The molecule has 1 aromatic rings. The molecule has 0 aliphatic rings. The average molecular weight is 182 g/mol. The van der Waals surface area contributed by atoms with E-state index in [4.69, 9.17) is 5.73 Å². The van der Waals surface area contributed by atoms with E-state index in [1.165, 1.54) is 0 Å². The summed E-state index contributed by atoms with van der Waals surface area (Å²) in [6, 6.07) is 5.25. The molecule has 2 N–H and O–H groups in total. The highest BCUT2D eigenvalue weighted by Gasteiger charge is 2.28. The Morgan fingerprint density at radius 1 is 1.67 bits per heavy atom. The molecule has 0 aliphatic carbocycles. The molecule has 0 spiro atoms. The van der Waals surface area contributed by atoms with Gasteiger partial charge in [0, 0.05) is 6.20 Å². The lowest BCUT2D eigenvalue weighted by Gasteiger charge is -2.18. The molecule has 0 aliphatic heterocycles. The van der Waals surface area contributed by atoms with E-state index in [1.54, 1.807) is 31.3 Å². The fraction of sp³-hybridized carbons (Fsp3) is 0.250. The van der Waals surface area contributed by atoms with E-state index in [0.717, 1.165) is 0 Å². The van der Waals surface area contributed by atoms with Crippen molar-refractivity contribution in [1.29, 1.82) is 0 Å². The van der Waals surface area contributed by atoms with Gasteiger partial charge < -0.3 is 5.73 Å². The summed E-state index contributed by atoms with van der Waals surface area (Å²) in [5.74, 6) is 0. The summed E-state index contributed by atoms with van der Waals surface area (Å²) in [5, 5.41) is -0.388. The molecule has 1 aromatic heterocycles. The third-order valence-electron chi connectivity index (χ3n) is 1.64. The van der Waals surface area contributed by atoms with Gasteiger partial charge in [0.25, 0.3) is 0 Å². The lowest BCUT2D eigenvalue weighted by molar-refractivity contribution is -0.115. The summed E-state index contributed by atoms with van der Waals surface area (Å²) in [6.07, 6.45) is 1.59. The molecule has 0 saturated heterocycles. The van der Waals surface area contributed by atoms with Gasteiger partial charge in [0.15, 0.2) is 0 Å². The molecule has 3 nitrogen and oxygen atoms in total. The zero-order valence-corrected chi connectivity index (χ0v) is 7.58. The van der Waals surface area contributed by atoms with E-state index >= 15 is 0 Å². The van der Waals surface area contributed by atoms with Crippen molar-refractivity contribution in [3.05, 3.63) is 30.1 Å². The summed E-state index contributed by atoms with van der Waals surface area (Å²) in [5.41, 5.74) is 5.13. The van der Waals surface area contributed by atoms with Crippen LogP contribution in [0.5, 0.6) is 0 Å². The highest BCUT2D eigenvalue weighted by atomic mass is 32.1. The molecule has 4 heteroatoms. The second-order valence-corrected chi connectivity index (χ2v) is 3.13. The number of rotatable bonds is 2. The number of nitrogens with zero attached hydrogens (tertiary/aromatic N) is 1. The summed E-state index contributed by atoms with van der Waals surface area (Å²) >= 11 is 3.69. The van der Waals surface area contributed by atoms with Gasteiger partial charge in [-0.3, -0.25) is 9.78 Å². The smallest absolute Gasteiger partial charge is 0.211 e. The first-order valence-corrected chi connectivity index (χ1v) is 3.93. The predicted octanol–water partition coefficient (Wildman–Crippen LogP) is 0.712. The van der Waals surface area contributed by atoms with Crippen LogP contribution in [0, 0.1) is 0 Å². The van der Waals surface area contributed by atoms with Crippen LogP contribution in [0.4, 0.5) is 0 Å². The Balaban J connectivity index is 3.06. The number of pyridine rings is 1. The maximum atomic E-state index is 11.0. The van der Waals surface area contributed by atoms with E-state index in [-0.39, 0.29) is 5.12 Å². The average Bonchev–Trinajstić information content (AvgIpc) is 2.06. The molecule has 0 fully saturated rings. The molecule has 0 radical (unpaired) electrons. The summed E-state index contributed by atoms with van der Waals surface area (Å²) in [6.45, 7) is 1.59. The molecule has 64 valence electrons. The predicted molar refractivity (Wildman–Crippen MR) is 49.8 cm³/mol. The van der Waals surface area contributed by atoms with Crippen molar-refractivity contribution in [1.82, 2.24) is 4.98 Å². The number of hydrogen-bond donors (Lipinski definition) is 2. The minimum absolute atomic E-state index is 0.388. The standard InChI is InChI=1S/C8H10N2OS/c1-8(9,7(11)12)6-4-2-3-5-10-6/h2-5H,9H2,1H3,(H,11,12). The normalized spacial score (nSPS) is 15.2. The minimum atomic E-state index is -1.09. The lowest BCUT2D eigenvalue weighted by atomic mass is 10.0. The third kappa shape index (κ3) is 1.65. The van der Waals surface area contributed by atoms with Crippen LogP contribution in [0.1, 0.15) is 12.6 Å². The van der Waals surface area contributed by atoms with Crippen LogP contribution in [-0.2, 0) is 10.3 Å². The molecule has 1 atom stereocenters. The summed E-state index contributed by atoms with van der Waals surface area (Å²) < 4.78 is 0. The van der Waals surface area contributed by atoms with Crippen LogP contribution in [0.15, 0.2) is 24.4 Å². The van der Waals surface area contributed by atoms with Gasteiger partial charge in [0.05, 0.1) is 5.69 Å². The topological polar surface area (TPSA) is 56.0 Å². The van der Waals surface area contributed by atoms with E-state index in [1.807, 2.05) is 0 Å². The number of carbonyl (C=O) groups excluding carboxylic acids is 1. The van der Waals surface area contributed by atoms with Gasteiger partial charge in [-0.25, -0.2) is 0 Å². The number of nitrogens with two attached hydrogens (primary N) is 1. The van der Waals surface area contributed by atoms with Gasteiger partial charge in [0.1, 0.15) is 5.54 Å². The van der Waals surface area contributed by atoms with Crippen molar-refractivity contribution in [3.63, 3.8) is 0 Å². The Bertz CT molecular complexity index is 284. The summed E-state index contributed by atoms with van der Waals surface area (Å²) in [4.78, 5) is 14.9. The number of carbonyl (C=O) groups is 1. The first-order chi connectivity index (χ1) is 5.55. The van der Waals surface area contributed by atoms with E-state index in [0.29, 0.717) is 5.69 Å². The van der Waals surface area contributed by atoms with Crippen LogP contribution >= 0.6 is 12.6 Å². The lowest BCUT2D eigenvalue weighted by Crippen LogP contribution is -2.39. The van der Waals surface area contributed by atoms with Crippen LogP contribution < -0.4 is 5.73 Å². The Morgan fingerprint density at radius 2 is 2.33 bits per heavy atom. The fourth-order valence-corrected chi connectivity index (χ4v) is 0.894. The van der Waals surface area contributed by atoms with Gasteiger partial charge >= 0.3 is 0 Å². The van der Waals surface area contributed by atoms with Crippen LogP contribution in [0.25, 0.3) is 0 Å². The molecule has 1 unspecified atom stereocenters. The van der Waals surface area contributed by atoms with E-state index < -0.39 is 5.54 Å². The maximum Gasteiger partial charge on any atom is 0.211 e. The Morgan fingerprint density at radius 3 is 2.75 bits per heavy atom. The van der Waals surface area contributed by atoms with Gasteiger partial charge in [-0.2, -0.15) is 0 Å². The van der Waals surface area contributed by atoms with Crippen molar-refractivity contribution >= 4 is 17.7 Å². The highest BCUT2D eigenvalue weighted by molar-refractivity contribution is 7.96. The van der Waals surface area contributed by atoms with Crippen LogP contribution in [0.2, 0.25) is 0 Å². The van der Waals surface area contributed by atoms with Gasteiger partial charge in [-0.05, 0) is 19.1 Å². The molecule has 0 aromatic carbocycles. The Kier molecular flexibility index (Phi) is 2.49. The molecular weight excluding hydrogens is 172 g/mol. The van der Waals surface area contributed by atoms with Crippen molar-refractivity contribution < 1.29 is 4.79 Å². The maximum absolute atomic E-state index is 11.0. The molecule has 1 rings (SSSR count). The zero-order chi connectivity index (χ0) is 9.19. The quantitative estimate of drug-likeness (QED) is 0.662. The van der Waals surface area contributed by atoms with Gasteiger partial charge in [0.2, 0.25) is 5.12 Å². The first-order valence-electron chi connectivity index (χ1n) is 3.49. The van der Waals surface area contributed by atoms with E-state index in [9.17, 15) is 4.79 Å². The van der Waals surface area contributed by atoms with Crippen molar-refractivity contribution in [2.45, 2.75) is 12.5 Å². The number of hydrogen-bond acceptors (Lipinski definition) is 3. The number of thiol groups is 1. The summed E-state index contributed by atoms with van der Waals surface area (Å²) in [7, 11) is 0. The zero-order valence-electron chi connectivity index (χ0n) is 6.69. The van der Waals surface area contributed by atoms with Crippen LogP contribution in [-0.4, -0.2) is 10.1 Å². The van der Waals surface area contributed by atoms with E-state index in [2.05, 4.69) is 17.6 Å².